The van der Waals surface area contributed by atoms with Crippen molar-refractivity contribution in [2.24, 2.45) is 10.7 Å². The summed E-state index contributed by atoms with van der Waals surface area (Å²) in [5, 5.41) is 19.6. The number of aliphatic imine (C=N–C) groups is 1. The Morgan fingerprint density at radius 2 is 2.00 bits per heavy atom. The minimum atomic E-state index is -1.16. The van der Waals surface area contributed by atoms with Crippen LogP contribution in [0.15, 0.2) is 4.99 Å². The number of carboxylic acids is 1. The lowest BCUT2D eigenvalue weighted by molar-refractivity contribution is -0.139. The summed E-state index contributed by atoms with van der Waals surface area (Å²) in [6.45, 7) is 5.28. The zero-order chi connectivity index (χ0) is 16.5. The van der Waals surface area contributed by atoms with E-state index in [1.807, 2.05) is 0 Å². The number of hydrogen-bond acceptors (Lipinski definition) is 6. The second-order valence-corrected chi connectivity index (χ2v) is 5.18. The number of amides is 1. The molecule has 0 bridgehead atoms. The van der Waals surface area contributed by atoms with Gasteiger partial charge >= 0.3 is 12.1 Å². The van der Waals surface area contributed by atoms with Crippen LogP contribution in [0.25, 0.3) is 0 Å². The molecule has 0 aliphatic carbocycles. The van der Waals surface area contributed by atoms with E-state index in [4.69, 9.17) is 20.8 Å². The first-order valence-electron chi connectivity index (χ1n) is 6.33. The number of hydrazine groups is 1. The molecular formula is C11H23N5O5. The van der Waals surface area contributed by atoms with Crippen molar-refractivity contribution >= 4 is 18.0 Å². The van der Waals surface area contributed by atoms with E-state index in [2.05, 4.69) is 15.7 Å². The Balaban J connectivity index is 4.24. The van der Waals surface area contributed by atoms with Gasteiger partial charge in [0, 0.05) is 6.54 Å². The molecule has 122 valence electrons. The molecule has 0 saturated heterocycles. The predicted octanol–water partition coefficient (Wildman–Crippen LogP) is -0.457. The van der Waals surface area contributed by atoms with Crippen LogP contribution in [-0.2, 0) is 9.53 Å². The van der Waals surface area contributed by atoms with Gasteiger partial charge in [-0.3, -0.25) is 15.6 Å². The molecule has 0 saturated carbocycles. The van der Waals surface area contributed by atoms with E-state index in [0.29, 0.717) is 6.42 Å². The zero-order valence-corrected chi connectivity index (χ0v) is 12.3. The van der Waals surface area contributed by atoms with E-state index in [9.17, 15) is 9.59 Å². The fourth-order valence-electron chi connectivity index (χ4n) is 1.30. The standard InChI is InChI=1S/C11H23N5O5/c1-11(2,3)21-10(19)14-7(8(17)18)5-4-6-13-9(12)15-16-20/h7,16,20H,4-6H2,1-3H3,(H,14,19)(H,17,18)(H3,12,13,15). The molecule has 1 amide bonds. The molecular weight excluding hydrogens is 282 g/mol. The van der Waals surface area contributed by atoms with Crippen molar-refractivity contribution in [3.05, 3.63) is 0 Å². The highest BCUT2D eigenvalue weighted by Crippen LogP contribution is 2.07. The van der Waals surface area contributed by atoms with Gasteiger partial charge in [-0.25, -0.2) is 9.59 Å². The van der Waals surface area contributed by atoms with Gasteiger partial charge in [0.2, 0.25) is 5.96 Å². The van der Waals surface area contributed by atoms with Gasteiger partial charge in [-0.15, -0.1) is 5.59 Å². The Hall–Kier alpha value is -2.07. The molecule has 0 spiro atoms. The van der Waals surface area contributed by atoms with Crippen molar-refractivity contribution in [2.45, 2.75) is 45.3 Å². The third kappa shape index (κ3) is 10.4. The number of nitrogens with two attached hydrogens (primary N) is 1. The normalized spacial score (nSPS) is 13.4. The van der Waals surface area contributed by atoms with Crippen LogP contribution in [0.5, 0.6) is 0 Å². The van der Waals surface area contributed by atoms with E-state index in [1.54, 1.807) is 26.4 Å². The molecule has 0 aromatic rings. The third-order valence-electron chi connectivity index (χ3n) is 2.11. The second kappa shape index (κ2) is 8.97. The van der Waals surface area contributed by atoms with Crippen LogP contribution in [0.4, 0.5) is 4.79 Å². The van der Waals surface area contributed by atoms with Crippen LogP contribution in [0, 0.1) is 0 Å². The van der Waals surface area contributed by atoms with E-state index in [0.717, 1.165) is 0 Å². The second-order valence-electron chi connectivity index (χ2n) is 5.18. The molecule has 0 radical (unpaired) electrons. The number of carbonyl (C=O) groups excluding carboxylic acids is 1. The minimum Gasteiger partial charge on any atom is -0.480 e. The summed E-state index contributed by atoms with van der Waals surface area (Å²) < 4.78 is 4.99. The Morgan fingerprint density at radius 3 is 2.48 bits per heavy atom. The molecule has 1 unspecified atom stereocenters. The molecule has 0 rings (SSSR count). The number of alkyl carbamates (subject to hydrolysis) is 1. The lowest BCUT2D eigenvalue weighted by Gasteiger charge is -2.21. The number of carbonyl (C=O) groups is 2. The summed E-state index contributed by atoms with van der Waals surface area (Å²) in [6, 6.07) is -1.07. The number of carboxylic acid groups (broad SMARTS) is 1. The number of ether oxygens (including phenoxy) is 1. The van der Waals surface area contributed by atoms with Crippen LogP contribution in [-0.4, -0.2) is 46.5 Å². The number of aliphatic carboxylic acids is 1. The van der Waals surface area contributed by atoms with Gasteiger partial charge < -0.3 is 20.9 Å². The average Bonchev–Trinajstić information content (AvgIpc) is 2.30. The molecule has 0 heterocycles. The molecule has 21 heavy (non-hydrogen) atoms. The first-order chi connectivity index (χ1) is 9.65. The highest BCUT2D eigenvalue weighted by atomic mass is 16.6. The molecule has 0 aromatic heterocycles. The van der Waals surface area contributed by atoms with Crippen LogP contribution >= 0.6 is 0 Å². The predicted molar refractivity (Wildman–Crippen MR) is 74.6 cm³/mol. The van der Waals surface area contributed by atoms with Crippen LogP contribution < -0.4 is 22.1 Å². The fraction of sp³-hybridized carbons (Fsp3) is 0.727. The highest BCUT2D eigenvalue weighted by molar-refractivity contribution is 5.80. The Kier molecular flexibility index (Phi) is 8.09. The van der Waals surface area contributed by atoms with E-state index in [1.165, 1.54) is 0 Å². The summed E-state index contributed by atoms with van der Waals surface area (Å²) >= 11 is 0. The summed E-state index contributed by atoms with van der Waals surface area (Å²) in [7, 11) is 0. The van der Waals surface area contributed by atoms with Crippen molar-refractivity contribution in [3.8, 4) is 0 Å². The Labute approximate surface area is 122 Å². The minimum absolute atomic E-state index is 0.0375. The topological polar surface area (TPSA) is 158 Å². The number of hydrogen-bond donors (Lipinski definition) is 6. The monoisotopic (exact) mass is 305 g/mol. The molecule has 1 atom stereocenters. The van der Waals surface area contributed by atoms with Gasteiger partial charge in [0.05, 0.1) is 0 Å². The Morgan fingerprint density at radius 1 is 1.38 bits per heavy atom. The largest absolute Gasteiger partial charge is 0.480 e. The molecule has 10 nitrogen and oxygen atoms in total. The van der Waals surface area contributed by atoms with E-state index >= 15 is 0 Å². The quantitative estimate of drug-likeness (QED) is 0.159. The summed E-state index contributed by atoms with van der Waals surface area (Å²) in [6.07, 6.45) is -0.248. The lowest BCUT2D eigenvalue weighted by atomic mass is 10.1. The summed E-state index contributed by atoms with van der Waals surface area (Å²) in [5.74, 6) is -1.20. The van der Waals surface area contributed by atoms with Crippen LogP contribution in [0.1, 0.15) is 33.6 Å². The van der Waals surface area contributed by atoms with Gasteiger partial charge in [-0.2, -0.15) is 0 Å². The van der Waals surface area contributed by atoms with Gasteiger partial charge in [0.1, 0.15) is 11.6 Å². The molecule has 0 aliphatic heterocycles. The first kappa shape index (κ1) is 18.9. The van der Waals surface area contributed by atoms with Crippen molar-refractivity contribution in [1.29, 1.82) is 0 Å². The SMILES string of the molecule is CC(C)(C)OC(=O)NC(CCCN=C(N)NNO)C(=O)O. The van der Waals surface area contributed by atoms with Gasteiger partial charge in [-0.1, -0.05) is 0 Å². The smallest absolute Gasteiger partial charge is 0.408 e. The molecule has 10 heteroatoms. The van der Waals surface area contributed by atoms with Gasteiger partial charge in [-0.05, 0) is 33.6 Å². The van der Waals surface area contributed by atoms with Gasteiger partial charge in [0.25, 0.3) is 0 Å². The summed E-state index contributed by atoms with van der Waals surface area (Å²) in [4.78, 5) is 26.4. The highest BCUT2D eigenvalue weighted by Gasteiger charge is 2.23. The van der Waals surface area contributed by atoms with Gasteiger partial charge in [0.15, 0.2) is 0 Å². The number of guanidine groups is 1. The molecule has 0 aliphatic rings. The summed E-state index contributed by atoms with van der Waals surface area (Å²) in [5.41, 5.74) is 8.37. The van der Waals surface area contributed by atoms with Crippen molar-refractivity contribution < 1.29 is 24.6 Å². The maximum Gasteiger partial charge on any atom is 0.408 e. The van der Waals surface area contributed by atoms with Crippen molar-refractivity contribution in [3.63, 3.8) is 0 Å². The maximum atomic E-state index is 11.5. The van der Waals surface area contributed by atoms with Crippen LogP contribution in [0.3, 0.4) is 0 Å². The van der Waals surface area contributed by atoms with Crippen molar-refractivity contribution in [1.82, 2.24) is 16.3 Å². The number of nitrogens with one attached hydrogen (secondary N) is 3. The first-order valence-corrected chi connectivity index (χ1v) is 6.33. The molecule has 7 N–H and O–H groups in total. The maximum absolute atomic E-state index is 11.5. The average molecular weight is 305 g/mol. The van der Waals surface area contributed by atoms with E-state index < -0.39 is 23.7 Å². The third-order valence-corrected chi connectivity index (χ3v) is 2.11. The Bertz CT molecular complexity index is 380. The number of nitrogens with zero attached hydrogens (tertiary/aromatic N) is 1. The molecule has 0 fully saturated rings. The zero-order valence-electron chi connectivity index (χ0n) is 12.3. The van der Waals surface area contributed by atoms with Crippen molar-refractivity contribution in [2.75, 3.05) is 6.54 Å². The molecule has 0 aromatic carbocycles. The lowest BCUT2D eigenvalue weighted by Crippen LogP contribution is -2.43. The fourth-order valence-corrected chi connectivity index (χ4v) is 1.30. The van der Waals surface area contributed by atoms with E-state index in [-0.39, 0.29) is 18.9 Å². The number of rotatable bonds is 7. The van der Waals surface area contributed by atoms with Crippen LogP contribution in [0.2, 0.25) is 0 Å².